The number of benzene rings is 1. The molecule has 0 atom stereocenters. The fourth-order valence-electron chi connectivity index (χ4n) is 1.30. The van der Waals surface area contributed by atoms with Crippen molar-refractivity contribution in [2.45, 2.75) is 19.8 Å². The summed E-state index contributed by atoms with van der Waals surface area (Å²) in [7, 11) is 0. The number of carbonyl (C=O) groups excluding carboxylic acids is 1. The van der Waals surface area contributed by atoms with Crippen LogP contribution in [0.25, 0.3) is 0 Å². The van der Waals surface area contributed by atoms with E-state index < -0.39 is 4.92 Å². The Hall–Kier alpha value is -1.71. The van der Waals surface area contributed by atoms with E-state index in [0.717, 1.165) is 6.42 Å². The van der Waals surface area contributed by atoms with E-state index in [1.54, 1.807) is 12.1 Å². The van der Waals surface area contributed by atoms with Gasteiger partial charge in [0.15, 0.2) is 0 Å². The highest BCUT2D eigenvalue weighted by atomic mass is 16.6. The molecule has 0 bridgehead atoms. The van der Waals surface area contributed by atoms with Crippen LogP contribution in [0.4, 0.5) is 5.69 Å². The molecule has 4 heteroatoms. The Morgan fingerprint density at radius 3 is 2.71 bits per heavy atom. The minimum absolute atomic E-state index is 0.0384. The van der Waals surface area contributed by atoms with Gasteiger partial charge in [-0.25, -0.2) is 0 Å². The van der Waals surface area contributed by atoms with Crippen LogP contribution in [0.1, 0.15) is 29.3 Å². The first-order chi connectivity index (χ1) is 6.69. The molecule has 1 rings (SSSR count). The van der Waals surface area contributed by atoms with Crippen molar-refractivity contribution in [2.75, 3.05) is 0 Å². The molecular weight excluding hydrogens is 182 g/mol. The van der Waals surface area contributed by atoms with Crippen molar-refractivity contribution < 1.29 is 9.72 Å². The highest BCUT2D eigenvalue weighted by Crippen LogP contribution is 2.20. The van der Waals surface area contributed by atoms with Gasteiger partial charge in [0, 0.05) is 17.2 Å². The average molecular weight is 193 g/mol. The van der Waals surface area contributed by atoms with E-state index >= 15 is 0 Å². The molecule has 0 aliphatic carbocycles. The monoisotopic (exact) mass is 193 g/mol. The summed E-state index contributed by atoms with van der Waals surface area (Å²) in [5, 5.41) is 10.7. The second kappa shape index (κ2) is 4.50. The second-order valence-electron chi connectivity index (χ2n) is 3.01. The molecule has 0 amide bonds. The van der Waals surface area contributed by atoms with Gasteiger partial charge in [0.2, 0.25) is 0 Å². The van der Waals surface area contributed by atoms with Gasteiger partial charge >= 0.3 is 0 Å². The van der Waals surface area contributed by atoms with E-state index in [-0.39, 0.29) is 5.69 Å². The lowest BCUT2D eigenvalue weighted by Crippen LogP contribution is -1.96. The smallest absolute Gasteiger partial charge is 0.273 e. The number of hydrogen-bond donors (Lipinski definition) is 0. The summed E-state index contributed by atoms with van der Waals surface area (Å²) in [6.45, 7) is 1.96. The van der Waals surface area contributed by atoms with Crippen LogP contribution in [-0.2, 0) is 6.42 Å². The lowest BCUT2D eigenvalue weighted by atomic mass is 10.1. The molecule has 0 heterocycles. The highest BCUT2D eigenvalue weighted by Gasteiger charge is 2.13. The first kappa shape index (κ1) is 10.4. The quantitative estimate of drug-likeness (QED) is 0.419. The summed E-state index contributed by atoms with van der Waals surface area (Å²) in [6.07, 6.45) is 2.12. The number of nitro benzene ring substituents is 1. The molecule has 0 aliphatic heterocycles. The normalized spacial score (nSPS) is 9.79. The number of nitro groups is 1. The Balaban J connectivity index is 3.16. The maximum Gasteiger partial charge on any atom is 0.273 e. The SMILES string of the molecule is CCCc1ccc(C=O)cc1[N+](=O)[O-]. The molecule has 1 aromatic rings. The van der Waals surface area contributed by atoms with Gasteiger partial charge in [-0.1, -0.05) is 25.5 Å². The Morgan fingerprint density at radius 2 is 2.21 bits per heavy atom. The van der Waals surface area contributed by atoms with Crippen molar-refractivity contribution in [3.05, 3.63) is 39.4 Å². The van der Waals surface area contributed by atoms with E-state index in [1.165, 1.54) is 6.07 Å². The molecule has 0 saturated heterocycles. The molecule has 0 spiro atoms. The third-order valence-electron chi connectivity index (χ3n) is 1.96. The molecule has 1 aromatic carbocycles. The van der Waals surface area contributed by atoms with Crippen LogP contribution in [0.2, 0.25) is 0 Å². The largest absolute Gasteiger partial charge is 0.298 e. The Bertz CT molecular complexity index is 360. The molecule has 0 aliphatic rings. The fraction of sp³-hybridized carbons (Fsp3) is 0.300. The third kappa shape index (κ3) is 2.16. The van der Waals surface area contributed by atoms with Gasteiger partial charge in [0.1, 0.15) is 6.29 Å². The molecular formula is C10H11NO3. The summed E-state index contributed by atoms with van der Waals surface area (Å²) < 4.78 is 0. The molecule has 74 valence electrons. The van der Waals surface area contributed by atoms with Crippen LogP contribution in [0.5, 0.6) is 0 Å². The number of nitrogens with zero attached hydrogens (tertiary/aromatic N) is 1. The molecule has 4 nitrogen and oxygen atoms in total. The maximum absolute atomic E-state index is 10.7. The number of rotatable bonds is 4. The highest BCUT2D eigenvalue weighted by molar-refractivity contribution is 5.76. The van der Waals surface area contributed by atoms with Crippen molar-refractivity contribution in [2.24, 2.45) is 0 Å². The summed E-state index contributed by atoms with van der Waals surface area (Å²) in [5.74, 6) is 0. The number of aryl methyl sites for hydroxylation is 1. The zero-order valence-corrected chi connectivity index (χ0v) is 7.90. The van der Waals surface area contributed by atoms with Crippen LogP contribution in [0, 0.1) is 10.1 Å². The molecule has 0 radical (unpaired) electrons. The lowest BCUT2D eigenvalue weighted by molar-refractivity contribution is -0.385. The third-order valence-corrected chi connectivity index (χ3v) is 1.96. The van der Waals surface area contributed by atoms with Gasteiger partial charge in [-0.15, -0.1) is 0 Å². The summed E-state index contributed by atoms with van der Waals surface area (Å²) >= 11 is 0. The van der Waals surface area contributed by atoms with Crippen molar-refractivity contribution in [3.8, 4) is 0 Å². The molecule has 0 unspecified atom stereocenters. The zero-order chi connectivity index (χ0) is 10.6. The van der Waals surface area contributed by atoms with Crippen LogP contribution in [-0.4, -0.2) is 11.2 Å². The van der Waals surface area contributed by atoms with Crippen LogP contribution >= 0.6 is 0 Å². The first-order valence-electron chi connectivity index (χ1n) is 4.41. The Morgan fingerprint density at radius 1 is 1.50 bits per heavy atom. The Kier molecular flexibility index (Phi) is 3.34. The van der Waals surface area contributed by atoms with Crippen LogP contribution < -0.4 is 0 Å². The summed E-state index contributed by atoms with van der Waals surface area (Å²) in [5.41, 5.74) is 1.07. The second-order valence-corrected chi connectivity index (χ2v) is 3.01. The van der Waals surface area contributed by atoms with E-state index in [1.807, 2.05) is 6.92 Å². The van der Waals surface area contributed by atoms with E-state index in [9.17, 15) is 14.9 Å². The number of hydrogen-bond acceptors (Lipinski definition) is 3. The minimum atomic E-state index is -0.446. The molecule has 0 aromatic heterocycles. The van der Waals surface area contributed by atoms with Gasteiger partial charge in [0.25, 0.3) is 5.69 Å². The number of aldehydes is 1. The van der Waals surface area contributed by atoms with Crippen LogP contribution in [0.15, 0.2) is 18.2 Å². The number of carbonyl (C=O) groups is 1. The van der Waals surface area contributed by atoms with Crippen LogP contribution in [0.3, 0.4) is 0 Å². The standard InChI is InChI=1S/C10H11NO3/c1-2-3-9-5-4-8(7-12)6-10(9)11(13)14/h4-7H,2-3H2,1H3. The van der Waals surface area contributed by atoms with E-state index in [2.05, 4.69) is 0 Å². The van der Waals surface area contributed by atoms with E-state index in [0.29, 0.717) is 23.8 Å². The van der Waals surface area contributed by atoms with Crippen molar-refractivity contribution in [3.63, 3.8) is 0 Å². The van der Waals surface area contributed by atoms with Gasteiger partial charge in [-0.05, 0) is 6.42 Å². The average Bonchev–Trinajstić information content (AvgIpc) is 2.18. The predicted molar refractivity (Wildman–Crippen MR) is 52.5 cm³/mol. The topological polar surface area (TPSA) is 60.2 Å². The van der Waals surface area contributed by atoms with Gasteiger partial charge in [-0.2, -0.15) is 0 Å². The van der Waals surface area contributed by atoms with Gasteiger partial charge in [-0.3, -0.25) is 14.9 Å². The van der Waals surface area contributed by atoms with Crippen molar-refractivity contribution in [1.82, 2.24) is 0 Å². The van der Waals surface area contributed by atoms with E-state index in [4.69, 9.17) is 0 Å². The lowest BCUT2D eigenvalue weighted by Gasteiger charge is -2.01. The van der Waals surface area contributed by atoms with Crippen molar-refractivity contribution >= 4 is 12.0 Å². The first-order valence-corrected chi connectivity index (χ1v) is 4.41. The minimum Gasteiger partial charge on any atom is -0.298 e. The molecule has 0 fully saturated rings. The molecule has 14 heavy (non-hydrogen) atoms. The van der Waals surface area contributed by atoms with Gasteiger partial charge < -0.3 is 0 Å². The fourth-order valence-corrected chi connectivity index (χ4v) is 1.30. The Labute approximate surface area is 81.7 Å². The molecule has 0 saturated carbocycles. The van der Waals surface area contributed by atoms with Crippen molar-refractivity contribution in [1.29, 1.82) is 0 Å². The zero-order valence-electron chi connectivity index (χ0n) is 7.90. The summed E-state index contributed by atoms with van der Waals surface area (Å²) in [4.78, 5) is 20.6. The molecule has 0 N–H and O–H groups in total. The van der Waals surface area contributed by atoms with Gasteiger partial charge in [0.05, 0.1) is 4.92 Å². The predicted octanol–water partition coefficient (Wildman–Crippen LogP) is 2.36. The maximum atomic E-state index is 10.7. The summed E-state index contributed by atoms with van der Waals surface area (Å²) in [6, 6.07) is 4.56.